The Labute approximate surface area is 91.9 Å². The van der Waals surface area contributed by atoms with Crippen LogP contribution in [0.1, 0.15) is 33.3 Å². The molecule has 88 valence electrons. The Morgan fingerprint density at radius 2 is 1.47 bits per heavy atom. The van der Waals surface area contributed by atoms with E-state index in [-0.39, 0.29) is 5.56 Å². The van der Waals surface area contributed by atoms with Crippen molar-refractivity contribution in [3.05, 3.63) is 42.7 Å². The molecule has 0 aliphatic rings. The van der Waals surface area contributed by atoms with Crippen LogP contribution in [0.5, 0.6) is 0 Å². The Hall–Kier alpha value is -1.25. The molecule has 0 radical (unpaired) electrons. The summed E-state index contributed by atoms with van der Waals surface area (Å²) in [6.45, 7) is 15.5. The molecule has 0 unspecified atom stereocenters. The lowest BCUT2D eigenvalue weighted by atomic mass is 10.3. The van der Waals surface area contributed by atoms with Crippen LogP contribution in [-0.2, 0) is 0 Å². The van der Waals surface area contributed by atoms with E-state index < -0.39 is 11.8 Å². The number of hydrogen-bond acceptors (Lipinski definition) is 1. The monoisotopic (exact) mass is 217 g/mol. The van der Waals surface area contributed by atoms with Gasteiger partial charge in [0.15, 0.2) is 0 Å². The van der Waals surface area contributed by atoms with Crippen molar-refractivity contribution >= 4 is 0 Å². The Bertz CT molecular complexity index is 237. The molecule has 0 bridgehead atoms. The van der Waals surface area contributed by atoms with Crippen molar-refractivity contribution in [2.45, 2.75) is 34.6 Å². The van der Waals surface area contributed by atoms with Crippen molar-refractivity contribution in [1.29, 1.82) is 0 Å². The first kappa shape index (κ1) is 19.3. The summed E-state index contributed by atoms with van der Waals surface area (Å²) in [5, 5.41) is 0. The average molecular weight is 217 g/mol. The lowest BCUT2D eigenvalue weighted by Gasteiger charge is -1.91. The predicted octanol–water partition coefficient (Wildman–Crippen LogP) is 4.52. The third kappa shape index (κ3) is 10.7. The summed E-state index contributed by atoms with van der Waals surface area (Å²) >= 11 is 0. The normalized spacial score (nSPS) is 6.87. The molecule has 3 heteroatoms. The van der Waals surface area contributed by atoms with Gasteiger partial charge in [-0.15, -0.1) is 13.2 Å². The summed E-state index contributed by atoms with van der Waals surface area (Å²) in [5.41, 5.74) is 0.280. The van der Waals surface area contributed by atoms with Gasteiger partial charge >= 0.3 is 0 Å². The van der Waals surface area contributed by atoms with Gasteiger partial charge in [0.25, 0.3) is 0 Å². The molecule has 1 heterocycles. The van der Waals surface area contributed by atoms with Crippen molar-refractivity contribution < 1.29 is 8.78 Å². The molecule has 0 amide bonds. The zero-order chi connectivity index (χ0) is 12.9. The summed E-state index contributed by atoms with van der Waals surface area (Å²) < 4.78 is 24.3. The largest absolute Gasteiger partial charge is 0.225 e. The van der Waals surface area contributed by atoms with Gasteiger partial charge in [0, 0.05) is 0 Å². The fraction of sp³-hybridized carbons (Fsp3) is 0.417. The van der Waals surface area contributed by atoms with Gasteiger partial charge < -0.3 is 0 Å². The predicted molar refractivity (Wildman–Crippen MR) is 62.8 cm³/mol. The molecule has 0 aliphatic carbocycles. The second-order valence-electron chi connectivity index (χ2n) is 1.76. The van der Waals surface area contributed by atoms with E-state index >= 15 is 0 Å². The van der Waals surface area contributed by atoms with Gasteiger partial charge in [0.05, 0.1) is 6.20 Å². The molecule has 0 N–H and O–H groups in total. The number of nitrogens with zero attached hydrogens (tertiary/aromatic N) is 1. The van der Waals surface area contributed by atoms with Crippen LogP contribution in [-0.4, -0.2) is 4.98 Å². The maximum absolute atomic E-state index is 12.3. The third-order valence-electron chi connectivity index (χ3n) is 1.01. The lowest BCUT2D eigenvalue weighted by Crippen LogP contribution is -1.87. The van der Waals surface area contributed by atoms with E-state index in [4.69, 9.17) is 0 Å². The van der Waals surface area contributed by atoms with Crippen molar-refractivity contribution in [3.8, 4) is 0 Å². The quantitative estimate of drug-likeness (QED) is 0.460. The number of aryl methyl sites for hydroxylation is 1. The standard InChI is InChI=1S/C6H5F2N.2C2H6.C2H4/c1-4-2-6(8)9-3-5(4)7;3*1-2/h2-3H,1H3;2*1-2H3;1-2H2. The van der Waals surface area contributed by atoms with Gasteiger partial charge in [-0.2, -0.15) is 4.39 Å². The molecule has 15 heavy (non-hydrogen) atoms. The molecule has 0 aromatic carbocycles. The van der Waals surface area contributed by atoms with E-state index in [1.165, 1.54) is 6.92 Å². The minimum atomic E-state index is -0.645. The highest BCUT2D eigenvalue weighted by atomic mass is 19.1. The number of aromatic nitrogens is 1. The Kier molecular flexibility index (Phi) is 19.6. The van der Waals surface area contributed by atoms with Crippen molar-refractivity contribution in [3.63, 3.8) is 0 Å². The highest BCUT2D eigenvalue weighted by molar-refractivity contribution is 5.10. The number of pyridine rings is 1. The van der Waals surface area contributed by atoms with E-state index in [0.29, 0.717) is 0 Å². The molecule has 0 aliphatic heterocycles. The van der Waals surface area contributed by atoms with Gasteiger partial charge in [0.1, 0.15) is 5.82 Å². The summed E-state index contributed by atoms with van der Waals surface area (Å²) in [6.07, 6.45) is 0.866. The van der Waals surface area contributed by atoms with Gasteiger partial charge in [0.2, 0.25) is 5.95 Å². The van der Waals surface area contributed by atoms with Gasteiger partial charge in [-0.05, 0) is 18.6 Å². The Morgan fingerprint density at radius 3 is 1.73 bits per heavy atom. The van der Waals surface area contributed by atoms with E-state index in [9.17, 15) is 8.78 Å². The molecule has 0 saturated carbocycles. The van der Waals surface area contributed by atoms with Crippen molar-refractivity contribution in [2.75, 3.05) is 0 Å². The lowest BCUT2D eigenvalue weighted by molar-refractivity contribution is 0.554. The maximum atomic E-state index is 12.3. The second-order valence-corrected chi connectivity index (χ2v) is 1.76. The molecule has 1 rings (SSSR count). The van der Waals surface area contributed by atoms with Crippen LogP contribution in [0.25, 0.3) is 0 Å². The van der Waals surface area contributed by atoms with Gasteiger partial charge in [-0.1, -0.05) is 27.7 Å². The van der Waals surface area contributed by atoms with Gasteiger partial charge in [-0.3, -0.25) is 0 Å². The molecular formula is C12H21F2N. The van der Waals surface area contributed by atoms with E-state index in [2.05, 4.69) is 18.1 Å². The van der Waals surface area contributed by atoms with Crippen LogP contribution >= 0.6 is 0 Å². The number of rotatable bonds is 0. The Balaban J connectivity index is -0.000000208. The molecule has 0 fully saturated rings. The first-order valence-corrected chi connectivity index (χ1v) is 4.98. The van der Waals surface area contributed by atoms with Gasteiger partial charge in [-0.25, -0.2) is 9.37 Å². The zero-order valence-corrected chi connectivity index (χ0v) is 10.3. The van der Waals surface area contributed by atoms with Crippen LogP contribution in [0.15, 0.2) is 25.4 Å². The van der Waals surface area contributed by atoms with Crippen molar-refractivity contribution in [2.24, 2.45) is 0 Å². The molecule has 0 spiro atoms. The average Bonchev–Trinajstić information content (AvgIpc) is 2.32. The number of hydrogen-bond donors (Lipinski definition) is 0. The molecule has 1 nitrogen and oxygen atoms in total. The minimum absolute atomic E-state index is 0.280. The molecule has 1 aromatic rings. The highest BCUT2D eigenvalue weighted by Crippen LogP contribution is 2.03. The summed E-state index contributed by atoms with van der Waals surface area (Å²) in [4.78, 5) is 3.10. The highest BCUT2D eigenvalue weighted by Gasteiger charge is 1.96. The maximum Gasteiger partial charge on any atom is 0.213 e. The van der Waals surface area contributed by atoms with Crippen LogP contribution < -0.4 is 0 Å². The molecule has 1 aromatic heterocycles. The summed E-state index contributed by atoms with van der Waals surface area (Å²) in [5.74, 6) is -1.12. The topological polar surface area (TPSA) is 12.9 Å². The van der Waals surface area contributed by atoms with Crippen LogP contribution in [0.2, 0.25) is 0 Å². The first-order chi connectivity index (χ1) is 7.20. The third-order valence-corrected chi connectivity index (χ3v) is 1.01. The minimum Gasteiger partial charge on any atom is -0.225 e. The Morgan fingerprint density at radius 1 is 1.07 bits per heavy atom. The second kappa shape index (κ2) is 15.2. The molecular weight excluding hydrogens is 196 g/mol. The van der Waals surface area contributed by atoms with Crippen LogP contribution in [0, 0.1) is 18.7 Å². The fourth-order valence-electron chi connectivity index (χ4n) is 0.505. The van der Waals surface area contributed by atoms with Crippen molar-refractivity contribution in [1.82, 2.24) is 4.98 Å². The number of halogens is 2. The first-order valence-electron chi connectivity index (χ1n) is 4.98. The molecule has 0 saturated heterocycles. The van der Waals surface area contributed by atoms with Crippen LogP contribution in [0.4, 0.5) is 8.78 Å². The van der Waals surface area contributed by atoms with E-state index in [1.54, 1.807) is 0 Å². The van der Waals surface area contributed by atoms with E-state index in [0.717, 1.165) is 12.3 Å². The van der Waals surface area contributed by atoms with Crippen LogP contribution in [0.3, 0.4) is 0 Å². The zero-order valence-electron chi connectivity index (χ0n) is 10.3. The molecule has 0 atom stereocenters. The fourth-order valence-corrected chi connectivity index (χ4v) is 0.505. The SMILES string of the molecule is C=C.CC.CC.Cc1cc(F)ncc1F. The smallest absolute Gasteiger partial charge is 0.213 e. The summed E-state index contributed by atoms with van der Waals surface area (Å²) in [6, 6.07) is 1.05. The van der Waals surface area contributed by atoms with E-state index in [1.807, 2.05) is 27.7 Å². The summed E-state index contributed by atoms with van der Waals surface area (Å²) in [7, 11) is 0.